The first-order chi connectivity index (χ1) is 7.22. The summed E-state index contributed by atoms with van der Waals surface area (Å²) in [6, 6.07) is 0. The zero-order chi connectivity index (χ0) is 10.8. The second kappa shape index (κ2) is 4.02. The van der Waals surface area contributed by atoms with Gasteiger partial charge in [0, 0.05) is 6.42 Å². The Labute approximate surface area is 92.1 Å². The molecule has 2 rings (SSSR count). The number of thiophene rings is 1. The van der Waals surface area contributed by atoms with Gasteiger partial charge < -0.3 is 10.3 Å². The van der Waals surface area contributed by atoms with E-state index in [-0.39, 0.29) is 0 Å². The zero-order valence-corrected chi connectivity index (χ0v) is 9.60. The minimum absolute atomic E-state index is 0.536. The highest BCUT2D eigenvalue weighted by molar-refractivity contribution is 7.14. The number of hydrogen-bond donors (Lipinski definition) is 1. The summed E-state index contributed by atoms with van der Waals surface area (Å²) in [4.78, 5) is 5.17. The van der Waals surface area contributed by atoms with Gasteiger partial charge in [-0.15, -0.1) is 11.3 Å². The average molecular weight is 223 g/mol. The molecule has 0 fully saturated rings. The summed E-state index contributed by atoms with van der Waals surface area (Å²) in [5.41, 5.74) is 7.70. The third kappa shape index (κ3) is 1.87. The average Bonchev–Trinajstić information content (AvgIpc) is 2.77. The number of hydrogen-bond acceptors (Lipinski definition) is 5. The molecular weight excluding hydrogens is 210 g/mol. The van der Waals surface area contributed by atoms with E-state index in [1.165, 1.54) is 11.3 Å². The third-order valence-electron chi connectivity index (χ3n) is 2.16. The topological polar surface area (TPSA) is 64.9 Å². The normalized spacial score (nSPS) is 10.8. The van der Waals surface area contributed by atoms with Crippen LogP contribution in [0.4, 0.5) is 5.69 Å². The van der Waals surface area contributed by atoms with E-state index in [4.69, 9.17) is 10.3 Å². The minimum Gasteiger partial charge on any atom is -0.397 e. The first kappa shape index (κ1) is 10.2. The second-order valence-corrected chi connectivity index (χ2v) is 4.31. The molecule has 0 atom stereocenters. The number of anilines is 1. The molecule has 0 aliphatic rings. The number of aromatic nitrogens is 2. The molecule has 0 aliphatic heterocycles. The Bertz CT molecular complexity index is 461. The lowest BCUT2D eigenvalue weighted by Gasteiger charge is -1.91. The molecular formula is C10H13N3OS. The van der Waals surface area contributed by atoms with Gasteiger partial charge >= 0.3 is 0 Å². The van der Waals surface area contributed by atoms with Gasteiger partial charge in [0.25, 0.3) is 5.89 Å². The summed E-state index contributed by atoms with van der Waals surface area (Å²) in [7, 11) is 0. The van der Waals surface area contributed by atoms with E-state index in [1.54, 1.807) is 0 Å². The van der Waals surface area contributed by atoms with Crippen LogP contribution in [-0.2, 0) is 6.42 Å². The molecule has 0 unspecified atom stereocenters. The molecule has 2 aromatic heterocycles. The number of aryl methyl sites for hydroxylation is 2. The molecule has 80 valence electrons. The van der Waals surface area contributed by atoms with E-state index < -0.39 is 0 Å². The maximum absolute atomic E-state index is 5.90. The Morgan fingerprint density at radius 2 is 2.33 bits per heavy atom. The molecule has 2 aromatic rings. The van der Waals surface area contributed by atoms with Gasteiger partial charge in [-0.05, 0) is 24.3 Å². The Kier molecular flexibility index (Phi) is 2.73. The molecule has 0 amide bonds. The van der Waals surface area contributed by atoms with Crippen LogP contribution in [0.1, 0.15) is 24.7 Å². The van der Waals surface area contributed by atoms with Crippen molar-refractivity contribution in [2.45, 2.75) is 26.7 Å². The predicted molar refractivity (Wildman–Crippen MR) is 60.8 cm³/mol. The van der Waals surface area contributed by atoms with Crippen LogP contribution in [0.2, 0.25) is 0 Å². The first-order valence-corrected chi connectivity index (χ1v) is 5.77. The lowest BCUT2D eigenvalue weighted by atomic mass is 10.3. The van der Waals surface area contributed by atoms with Crippen molar-refractivity contribution in [3.05, 3.63) is 16.8 Å². The fraction of sp³-hybridized carbons (Fsp3) is 0.400. The van der Waals surface area contributed by atoms with Crippen molar-refractivity contribution < 1.29 is 4.52 Å². The van der Waals surface area contributed by atoms with E-state index in [0.717, 1.165) is 34.8 Å². The standard InChI is InChI=1S/C10H13N3OS/c1-3-4-7-12-10(14-13-7)9-8(11)6(2)5-15-9/h5H,3-4,11H2,1-2H3. The molecule has 15 heavy (non-hydrogen) atoms. The molecule has 2 N–H and O–H groups in total. The second-order valence-electron chi connectivity index (χ2n) is 3.43. The monoisotopic (exact) mass is 223 g/mol. The van der Waals surface area contributed by atoms with Crippen LogP contribution in [0.25, 0.3) is 10.8 Å². The maximum atomic E-state index is 5.90. The Balaban J connectivity index is 2.33. The van der Waals surface area contributed by atoms with Gasteiger partial charge in [0.15, 0.2) is 5.82 Å². The van der Waals surface area contributed by atoms with Gasteiger partial charge in [-0.3, -0.25) is 0 Å². The van der Waals surface area contributed by atoms with E-state index in [1.807, 2.05) is 12.3 Å². The lowest BCUT2D eigenvalue weighted by molar-refractivity contribution is 0.423. The van der Waals surface area contributed by atoms with Crippen LogP contribution >= 0.6 is 11.3 Å². The van der Waals surface area contributed by atoms with Crippen LogP contribution in [0, 0.1) is 6.92 Å². The van der Waals surface area contributed by atoms with Crippen molar-refractivity contribution in [2.75, 3.05) is 5.73 Å². The van der Waals surface area contributed by atoms with Gasteiger partial charge in [-0.25, -0.2) is 0 Å². The summed E-state index contributed by atoms with van der Waals surface area (Å²) in [6.45, 7) is 4.05. The van der Waals surface area contributed by atoms with Crippen molar-refractivity contribution in [3.8, 4) is 10.8 Å². The maximum Gasteiger partial charge on any atom is 0.270 e. The first-order valence-electron chi connectivity index (χ1n) is 4.89. The largest absolute Gasteiger partial charge is 0.397 e. The van der Waals surface area contributed by atoms with Crippen LogP contribution in [0.5, 0.6) is 0 Å². The molecule has 5 heteroatoms. The fourth-order valence-electron chi connectivity index (χ4n) is 1.29. The number of nitrogen functional groups attached to an aromatic ring is 1. The van der Waals surface area contributed by atoms with Crippen molar-refractivity contribution >= 4 is 17.0 Å². The molecule has 0 aliphatic carbocycles. The SMILES string of the molecule is CCCc1noc(-c2scc(C)c2N)n1. The number of nitrogens with zero attached hydrogens (tertiary/aromatic N) is 2. The third-order valence-corrected chi connectivity index (χ3v) is 3.26. The molecule has 0 bridgehead atoms. The Hall–Kier alpha value is -1.36. The van der Waals surface area contributed by atoms with Gasteiger partial charge in [-0.1, -0.05) is 12.1 Å². The summed E-state index contributed by atoms with van der Waals surface area (Å²) >= 11 is 1.54. The summed E-state index contributed by atoms with van der Waals surface area (Å²) in [5.74, 6) is 1.28. The van der Waals surface area contributed by atoms with E-state index in [2.05, 4.69) is 17.1 Å². The summed E-state index contributed by atoms with van der Waals surface area (Å²) < 4.78 is 5.17. The fourth-order valence-corrected chi connectivity index (χ4v) is 2.18. The molecule has 0 spiro atoms. The lowest BCUT2D eigenvalue weighted by Crippen LogP contribution is -1.88. The molecule has 0 saturated carbocycles. The molecule has 0 saturated heterocycles. The highest BCUT2D eigenvalue weighted by atomic mass is 32.1. The van der Waals surface area contributed by atoms with Crippen LogP contribution in [0.15, 0.2) is 9.90 Å². The van der Waals surface area contributed by atoms with E-state index in [9.17, 15) is 0 Å². The predicted octanol–water partition coefficient (Wildman–Crippen LogP) is 2.64. The zero-order valence-electron chi connectivity index (χ0n) is 8.78. The van der Waals surface area contributed by atoms with Gasteiger partial charge in [-0.2, -0.15) is 4.98 Å². The molecule has 0 radical (unpaired) electrons. The Morgan fingerprint density at radius 1 is 1.53 bits per heavy atom. The van der Waals surface area contributed by atoms with Crippen LogP contribution in [-0.4, -0.2) is 10.1 Å². The summed E-state index contributed by atoms with van der Waals surface area (Å²) in [5, 5.41) is 5.89. The van der Waals surface area contributed by atoms with E-state index in [0.29, 0.717) is 5.89 Å². The minimum atomic E-state index is 0.536. The molecule has 2 heterocycles. The van der Waals surface area contributed by atoms with Crippen molar-refractivity contribution in [2.24, 2.45) is 0 Å². The Morgan fingerprint density at radius 3 is 2.93 bits per heavy atom. The molecule has 0 aromatic carbocycles. The highest BCUT2D eigenvalue weighted by Gasteiger charge is 2.14. The highest BCUT2D eigenvalue weighted by Crippen LogP contribution is 2.33. The van der Waals surface area contributed by atoms with Gasteiger partial charge in [0.2, 0.25) is 0 Å². The van der Waals surface area contributed by atoms with Crippen LogP contribution in [0.3, 0.4) is 0 Å². The number of rotatable bonds is 3. The van der Waals surface area contributed by atoms with Crippen molar-refractivity contribution in [1.82, 2.24) is 10.1 Å². The van der Waals surface area contributed by atoms with Gasteiger partial charge in [0.1, 0.15) is 4.88 Å². The van der Waals surface area contributed by atoms with Gasteiger partial charge in [0.05, 0.1) is 5.69 Å². The quantitative estimate of drug-likeness (QED) is 0.868. The summed E-state index contributed by atoms with van der Waals surface area (Å²) in [6.07, 6.45) is 1.85. The van der Waals surface area contributed by atoms with Crippen molar-refractivity contribution in [1.29, 1.82) is 0 Å². The smallest absolute Gasteiger partial charge is 0.270 e. The van der Waals surface area contributed by atoms with E-state index >= 15 is 0 Å². The number of nitrogens with two attached hydrogens (primary N) is 1. The van der Waals surface area contributed by atoms with Crippen LogP contribution < -0.4 is 5.73 Å². The van der Waals surface area contributed by atoms with Crippen molar-refractivity contribution in [3.63, 3.8) is 0 Å². The molecule has 4 nitrogen and oxygen atoms in total.